The maximum Gasteiger partial charge on any atom is 0.407 e. The number of nitrogens with one attached hydrogen (secondary N) is 2. The van der Waals surface area contributed by atoms with E-state index < -0.39 is 5.60 Å². The zero-order valence-electron chi connectivity index (χ0n) is 15.7. The minimum atomic E-state index is -0.433. The van der Waals surface area contributed by atoms with Gasteiger partial charge in [-0.05, 0) is 46.1 Å². The molecular weight excluding hydrogens is 288 g/mol. The molecular formula is C19H38N2O2. The number of alkyl carbamates (subject to hydrolysis) is 1. The maximum atomic E-state index is 11.8. The number of carbonyl (C=O) groups is 1. The van der Waals surface area contributed by atoms with E-state index in [9.17, 15) is 4.79 Å². The van der Waals surface area contributed by atoms with Crippen molar-refractivity contribution in [3.8, 4) is 0 Å². The lowest BCUT2D eigenvalue weighted by Gasteiger charge is -2.25. The highest BCUT2D eigenvalue weighted by Crippen LogP contribution is 2.25. The van der Waals surface area contributed by atoms with Crippen molar-refractivity contribution in [3.05, 3.63) is 0 Å². The van der Waals surface area contributed by atoms with Crippen LogP contribution in [0.3, 0.4) is 0 Å². The Kier molecular flexibility index (Phi) is 9.61. The molecule has 1 fully saturated rings. The minimum Gasteiger partial charge on any atom is -0.444 e. The Bertz CT molecular complexity index is 320. The summed E-state index contributed by atoms with van der Waals surface area (Å²) in [5, 5.41) is 6.56. The van der Waals surface area contributed by atoms with Gasteiger partial charge in [0.15, 0.2) is 0 Å². The molecule has 1 aliphatic rings. The molecule has 4 heteroatoms. The highest BCUT2D eigenvalue weighted by atomic mass is 16.6. The zero-order valence-corrected chi connectivity index (χ0v) is 15.7. The van der Waals surface area contributed by atoms with Crippen LogP contribution < -0.4 is 10.6 Å². The van der Waals surface area contributed by atoms with Gasteiger partial charge in [0.05, 0.1) is 0 Å². The van der Waals surface area contributed by atoms with Crippen LogP contribution in [0.15, 0.2) is 0 Å². The van der Waals surface area contributed by atoms with E-state index in [4.69, 9.17) is 4.74 Å². The Morgan fingerprint density at radius 2 is 1.91 bits per heavy atom. The zero-order chi connectivity index (χ0) is 17.1. The van der Waals surface area contributed by atoms with Gasteiger partial charge >= 0.3 is 6.09 Å². The Morgan fingerprint density at radius 1 is 1.22 bits per heavy atom. The van der Waals surface area contributed by atoms with Gasteiger partial charge in [-0.1, -0.05) is 51.9 Å². The molecule has 0 aromatic heterocycles. The third-order valence-corrected chi connectivity index (χ3v) is 4.51. The Morgan fingerprint density at radius 3 is 2.52 bits per heavy atom. The fraction of sp³-hybridized carbons (Fsp3) is 0.947. The largest absolute Gasteiger partial charge is 0.444 e. The Labute approximate surface area is 143 Å². The lowest BCUT2D eigenvalue weighted by molar-refractivity contribution is 0.0521. The predicted molar refractivity (Wildman–Crippen MR) is 96.7 cm³/mol. The molecule has 0 heterocycles. The molecule has 23 heavy (non-hydrogen) atoms. The number of hydrogen-bond donors (Lipinski definition) is 2. The van der Waals surface area contributed by atoms with Gasteiger partial charge in [0, 0.05) is 12.6 Å². The van der Waals surface area contributed by atoms with Crippen molar-refractivity contribution in [2.45, 2.75) is 97.1 Å². The Hall–Kier alpha value is -0.770. The van der Waals surface area contributed by atoms with Crippen LogP contribution in [-0.2, 0) is 4.74 Å². The van der Waals surface area contributed by atoms with E-state index in [-0.39, 0.29) is 6.09 Å². The van der Waals surface area contributed by atoms with Crippen LogP contribution in [0.1, 0.15) is 85.5 Å². The lowest BCUT2D eigenvalue weighted by atomic mass is 9.87. The SMILES string of the molecule is CCCCC(CNC(=O)OC(C)(C)C)NCCC1CCCCC1. The summed E-state index contributed by atoms with van der Waals surface area (Å²) in [5.74, 6) is 0.905. The summed E-state index contributed by atoms with van der Waals surface area (Å²) < 4.78 is 5.31. The number of hydrogen-bond acceptors (Lipinski definition) is 3. The monoisotopic (exact) mass is 326 g/mol. The van der Waals surface area contributed by atoms with E-state index in [1.807, 2.05) is 20.8 Å². The van der Waals surface area contributed by atoms with Crippen molar-refractivity contribution < 1.29 is 9.53 Å². The van der Waals surface area contributed by atoms with Crippen molar-refractivity contribution in [2.75, 3.05) is 13.1 Å². The van der Waals surface area contributed by atoms with Crippen LogP contribution in [0.4, 0.5) is 4.79 Å². The summed E-state index contributed by atoms with van der Waals surface area (Å²) in [4.78, 5) is 11.8. The first-order chi connectivity index (χ1) is 10.9. The molecule has 4 nitrogen and oxygen atoms in total. The summed E-state index contributed by atoms with van der Waals surface area (Å²) in [7, 11) is 0. The summed E-state index contributed by atoms with van der Waals surface area (Å²) in [6.07, 6.45) is 11.5. The quantitative estimate of drug-likeness (QED) is 0.649. The van der Waals surface area contributed by atoms with Crippen LogP contribution >= 0.6 is 0 Å². The summed E-state index contributed by atoms with van der Waals surface area (Å²) in [6, 6.07) is 0.353. The van der Waals surface area contributed by atoms with Gasteiger partial charge in [-0.15, -0.1) is 0 Å². The van der Waals surface area contributed by atoms with Gasteiger partial charge in [-0.25, -0.2) is 4.79 Å². The molecule has 0 aromatic rings. The van der Waals surface area contributed by atoms with Crippen LogP contribution in [0.5, 0.6) is 0 Å². The second-order valence-electron chi connectivity index (χ2n) is 7.97. The van der Waals surface area contributed by atoms with Gasteiger partial charge in [-0.2, -0.15) is 0 Å². The highest BCUT2D eigenvalue weighted by Gasteiger charge is 2.18. The topological polar surface area (TPSA) is 50.4 Å². The van der Waals surface area contributed by atoms with Gasteiger partial charge < -0.3 is 15.4 Å². The summed E-state index contributed by atoms with van der Waals surface area (Å²) >= 11 is 0. The predicted octanol–water partition coefficient (Wildman–Crippen LogP) is 4.63. The summed E-state index contributed by atoms with van der Waals surface area (Å²) in [5.41, 5.74) is -0.433. The van der Waals surface area contributed by atoms with E-state index in [0.29, 0.717) is 12.6 Å². The third kappa shape index (κ3) is 10.6. The molecule has 0 aromatic carbocycles. The molecule has 0 spiro atoms. The Balaban J connectivity index is 2.26. The first kappa shape index (κ1) is 20.3. The third-order valence-electron chi connectivity index (χ3n) is 4.51. The number of rotatable bonds is 9. The van der Waals surface area contributed by atoms with Crippen LogP contribution in [0.2, 0.25) is 0 Å². The average molecular weight is 327 g/mol. The maximum absolute atomic E-state index is 11.8. The number of amides is 1. The van der Waals surface area contributed by atoms with E-state index >= 15 is 0 Å². The number of carbonyl (C=O) groups excluding carboxylic acids is 1. The van der Waals surface area contributed by atoms with Crippen LogP contribution in [0, 0.1) is 5.92 Å². The smallest absolute Gasteiger partial charge is 0.407 e. The van der Waals surface area contributed by atoms with Crippen molar-refractivity contribution >= 4 is 6.09 Å². The molecule has 1 amide bonds. The molecule has 136 valence electrons. The molecule has 1 atom stereocenters. The second kappa shape index (κ2) is 10.9. The first-order valence-corrected chi connectivity index (χ1v) is 9.61. The molecule has 0 saturated heterocycles. The molecule has 0 radical (unpaired) electrons. The van der Waals surface area contributed by atoms with Crippen LogP contribution in [0.25, 0.3) is 0 Å². The van der Waals surface area contributed by atoms with Crippen molar-refractivity contribution in [1.29, 1.82) is 0 Å². The van der Waals surface area contributed by atoms with E-state index in [2.05, 4.69) is 17.6 Å². The number of unbranched alkanes of at least 4 members (excludes halogenated alkanes) is 1. The van der Waals surface area contributed by atoms with Crippen molar-refractivity contribution in [2.24, 2.45) is 5.92 Å². The fourth-order valence-corrected chi connectivity index (χ4v) is 3.21. The van der Waals surface area contributed by atoms with Gasteiger partial charge in [0.25, 0.3) is 0 Å². The molecule has 1 aliphatic carbocycles. The van der Waals surface area contributed by atoms with Crippen LogP contribution in [-0.4, -0.2) is 30.8 Å². The highest BCUT2D eigenvalue weighted by molar-refractivity contribution is 5.67. The summed E-state index contributed by atoms with van der Waals surface area (Å²) in [6.45, 7) is 9.60. The van der Waals surface area contributed by atoms with Gasteiger partial charge in [0.2, 0.25) is 0 Å². The van der Waals surface area contributed by atoms with Gasteiger partial charge in [0.1, 0.15) is 5.60 Å². The van der Waals surface area contributed by atoms with Gasteiger partial charge in [-0.3, -0.25) is 0 Å². The average Bonchev–Trinajstić information content (AvgIpc) is 2.49. The normalized spacial score (nSPS) is 17.7. The standard InChI is InChI=1S/C19H38N2O2/c1-5-6-12-17(15-21-18(22)23-19(2,3)4)20-14-13-16-10-8-7-9-11-16/h16-17,20H,5-15H2,1-4H3,(H,21,22). The first-order valence-electron chi connectivity index (χ1n) is 9.61. The van der Waals surface area contributed by atoms with Crippen molar-refractivity contribution in [1.82, 2.24) is 10.6 Å². The molecule has 1 saturated carbocycles. The lowest BCUT2D eigenvalue weighted by Crippen LogP contribution is -2.43. The second-order valence-corrected chi connectivity index (χ2v) is 7.97. The molecule has 0 bridgehead atoms. The van der Waals surface area contributed by atoms with E-state index in [1.165, 1.54) is 51.4 Å². The fourth-order valence-electron chi connectivity index (χ4n) is 3.21. The minimum absolute atomic E-state index is 0.312. The molecule has 0 aliphatic heterocycles. The van der Waals surface area contributed by atoms with E-state index in [1.54, 1.807) is 0 Å². The molecule has 2 N–H and O–H groups in total. The molecule has 1 unspecified atom stereocenters. The van der Waals surface area contributed by atoms with Crippen molar-refractivity contribution in [3.63, 3.8) is 0 Å². The molecule has 1 rings (SSSR count). The van der Waals surface area contributed by atoms with E-state index in [0.717, 1.165) is 18.9 Å². The number of ether oxygens (including phenoxy) is 1.